The van der Waals surface area contributed by atoms with Crippen LogP contribution in [0.5, 0.6) is 0 Å². The summed E-state index contributed by atoms with van der Waals surface area (Å²) in [6.45, 7) is 8.24. The fourth-order valence-corrected chi connectivity index (χ4v) is 1.22. The maximum absolute atomic E-state index is 11.8. The minimum atomic E-state index is -0.337. The highest BCUT2D eigenvalue weighted by molar-refractivity contribution is 5.82. The first-order valence-corrected chi connectivity index (χ1v) is 5.40. The number of carbonyl (C=O) groups is 1. The van der Waals surface area contributed by atoms with Crippen LogP contribution in [0.25, 0.3) is 0 Å². The van der Waals surface area contributed by atoms with Crippen LogP contribution in [0.3, 0.4) is 0 Å². The molecule has 0 unspecified atom stereocenters. The van der Waals surface area contributed by atoms with E-state index >= 15 is 0 Å². The van der Waals surface area contributed by atoms with E-state index in [9.17, 15) is 4.79 Å². The third kappa shape index (κ3) is 3.29. The van der Waals surface area contributed by atoms with E-state index < -0.39 is 0 Å². The molecule has 0 aromatic rings. The second-order valence-electron chi connectivity index (χ2n) is 4.46. The Hall–Kier alpha value is -0.570. The minimum Gasteiger partial charge on any atom is -0.339 e. The molecule has 0 aromatic heterocycles. The number of amides is 1. The van der Waals surface area contributed by atoms with Gasteiger partial charge >= 0.3 is 0 Å². The van der Waals surface area contributed by atoms with Crippen LogP contribution in [0.2, 0.25) is 0 Å². The van der Waals surface area contributed by atoms with Crippen molar-refractivity contribution in [3.05, 3.63) is 0 Å². The number of nitrogens with two attached hydrogens (primary N) is 1. The molecule has 3 nitrogen and oxygen atoms in total. The number of hydrogen-bond acceptors (Lipinski definition) is 2. The number of nitrogens with zero attached hydrogens (tertiary/aromatic N) is 1. The number of likely N-dealkylation sites (N-methyl/N-ethyl adjacent to an activating group) is 1. The molecule has 0 spiro atoms. The summed E-state index contributed by atoms with van der Waals surface area (Å²) in [6.07, 6.45) is 2.66. The molecule has 0 aliphatic carbocycles. The Morgan fingerprint density at radius 3 is 2.29 bits per heavy atom. The molecule has 0 heterocycles. The Morgan fingerprint density at radius 1 is 1.43 bits per heavy atom. The van der Waals surface area contributed by atoms with E-state index in [4.69, 9.17) is 5.73 Å². The van der Waals surface area contributed by atoms with Crippen molar-refractivity contribution in [2.45, 2.75) is 58.5 Å². The van der Waals surface area contributed by atoms with Crippen LogP contribution >= 0.6 is 0 Å². The molecule has 1 amide bonds. The lowest BCUT2D eigenvalue weighted by molar-refractivity contribution is -0.136. The van der Waals surface area contributed by atoms with E-state index in [0.717, 1.165) is 19.3 Å². The molecule has 0 fully saturated rings. The molecule has 0 rings (SSSR count). The zero-order valence-corrected chi connectivity index (χ0v) is 10.1. The van der Waals surface area contributed by atoms with Crippen LogP contribution in [-0.4, -0.2) is 29.4 Å². The van der Waals surface area contributed by atoms with Crippen LogP contribution in [0, 0.1) is 0 Å². The molecule has 14 heavy (non-hydrogen) atoms. The molecule has 3 heteroatoms. The van der Waals surface area contributed by atoms with Crippen molar-refractivity contribution in [3.63, 3.8) is 0 Å². The molecule has 0 saturated carbocycles. The number of hydrogen-bond donors (Lipinski definition) is 1. The van der Waals surface area contributed by atoms with Gasteiger partial charge in [0.15, 0.2) is 0 Å². The summed E-state index contributed by atoms with van der Waals surface area (Å²) in [5, 5.41) is 0. The first-order chi connectivity index (χ1) is 6.36. The highest BCUT2D eigenvalue weighted by Gasteiger charge is 2.28. The zero-order chi connectivity index (χ0) is 11.4. The van der Waals surface area contributed by atoms with Gasteiger partial charge in [0.25, 0.3) is 0 Å². The largest absolute Gasteiger partial charge is 0.339 e. The molecular weight excluding hydrogens is 176 g/mol. The van der Waals surface area contributed by atoms with Gasteiger partial charge < -0.3 is 10.6 Å². The Bertz CT molecular complexity index is 190. The van der Waals surface area contributed by atoms with Gasteiger partial charge in [-0.1, -0.05) is 20.3 Å². The van der Waals surface area contributed by atoms with Gasteiger partial charge in [0.05, 0.1) is 6.04 Å². The van der Waals surface area contributed by atoms with Crippen molar-refractivity contribution in [1.29, 1.82) is 0 Å². The lowest BCUT2D eigenvalue weighted by atomic mass is 9.98. The summed E-state index contributed by atoms with van der Waals surface area (Å²) < 4.78 is 0. The van der Waals surface area contributed by atoms with Gasteiger partial charge in [-0.2, -0.15) is 0 Å². The monoisotopic (exact) mass is 200 g/mol. The van der Waals surface area contributed by atoms with Crippen molar-refractivity contribution in [2.75, 3.05) is 7.05 Å². The third-order valence-electron chi connectivity index (χ3n) is 3.02. The lowest BCUT2D eigenvalue weighted by Crippen LogP contribution is -2.51. The average Bonchev–Trinajstić information content (AvgIpc) is 2.15. The highest BCUT2D eigenvalue weighted by Crippen LogP contribution is 2.17. The predicted molar refractivity (Wildman–Crippen MR) is 60.0 cm³/mol. The highest BCUT2D eigenvalue weighted by atomic mass is 16.2. The van der Waals surface area contributed by atoms with Gasteiger partial charge in [0.1, 0.15) is 0 Å². The molecule has 0 aliphatic heterocycles. The van der Waals surface area contributed by atoms with Gasteiger partial charge in [-0.15, -0.1) is 0 Å². The Kier molecular flexibility index (Phi) is 5.13. The summed E-state index contributed by atoms with van der Waals surface area (Å²) in [6, 6.07) is -0.337. The first-order valence-electron chi connectivity index (χ1n) is 5.40. The van der Waals surface area contributed by atoms with Crippen LogP contribution in [0.1, 0.15) is 47.0 Å². The molecular formula is C11H24N2O. The van der Waals surface area contributed by atoms with Gasteiger partial charge in [0, 0.05) is 12.6 Å². The quantitative estimate of drug-likeness (QED) is 0.735. The molecule has 0 saturated heterocycles. The van der Waals surface area contributed by atoms with Crippen LogP contribution < -0.4 is 5.73 Å². The second kappa shape index (κ2) is 5.35. The second-order valence-corrected chi connectivity index (χ2v) is 4.46. The SMILES string of the molecule is CCC[C@@H](N)C(=O)N(C)C(C)(C)CC. The normalized spacial score (nSPS) is 13.9. The Balaban J connectivity index is 4.38. The van der Waals surface area contributed by atoms with E-state index in [1.54, 1.807) is 4.90 Å². The summed E-state index contributed by atoms with van der Waals surface area (Å²) in [5.74, 6) is 0.0544. The van der Waals surface area contributed by atoms with E-state index in [0.29, 0.717) is 0 Å². The minimum absolute atomic E-state index is 0.0544. The van der Waals surface area contributed by atoms with Crippen LogP contribution in [-0.2, 0) is 4.79 Å². The predicted octanol–water partition coefficient (Wildman–Crippen LogP) is 1.76. The van der Waals surface area contributed by atoms with Crippen molar-refractivity contribution in [1.82, 2.24) is 4.90 Å². The molecule has 0 bridgehead atoms. The van der Waals surface area contributed by atoms with Gasteiger partial charge in [-0.25, -0.2) is 0 Å². The lowest BCUT2D eigenvalue weighted by Gasteiger charge is -2.36. The van der Waals surface area contributed by atoms with E-state index in [1.807, 2.05) is 14.0 Å². The van der Waals surface area contributed by atoms with Gasteiger partial charge in [-0.05, 0) is 26.7 Å². The Morgan fingerprint density at radius 2 is 1.93 bits per heavy atom. The molecule has 1 atom stereocenters. The van der Waals surface area contributed by atoms with E-state index in [2.05, 4.69) is 20.8 Å². The van der Waals surface area contributed by atoms with Gasteiger partial charge in [0.2, 0.25) is 5.91 Å². The molecule has 0 aliphatic rings. The summed E-state index contributed by atoms with van der Waals surface area (Å²) in [4.78, 5) is 13.6. The number of carbonyl (C=O) groups excluding carboxylic acids is 1. The standard InChI is InChI=1S/C11H24N2O/c1-6-8-9(12)10(14)13(5)11(3,4)7-2/h9H,6-8,12H2,1-5H3/t9-/m1/s1. The maximum atomic E-state index is 11.8. The fraction of sp³-hybridized carbons (Fsp3) is 0.909. The smallest absolute Gasteiger partial charge is 0.239 e. The van der Waals surface area contributed by atoms with Gasteiger partial charge in [-0.3, -0.25) is 4.79 Å². The molecule has 84 valence electrons. The summed E-state index contributed by atoms with van der Waals surface area (Å²) >= 11 is 0. The maximum Gasteiger partial charge on any atom is 0.239 e. The van der Waals surface area contributed by atoms with Crippen LogP contribution in [0.15, 0.2) is 0 Å². The zero-order valence-electron chi connectivity index (χ0n) is 10.1. The van der Waals surface area contributed by atoms with Crippen molar-refractivity contribution >= 4 is 5.91 Å². The molecule has 2 N–H and O–H groups in total. The third-order valence-corrected chi connectivity index (χ3v) is 3.02. The average molecular weight is 200 g/mol. The topological polar surface area (TPSA) is 46.3 Å². The Labute approximate surface area is 87.6 Å². The van der Waals surface area contributed by atoms with Crippen molar-refractivity contribution in [3.8, 4) is 0 Å². The van der Waals surface area contributed by atoms with Crippen LogP contribution in [0.4, 0.5) is 0 Å². The summed E-state index contributed by atoms with van der Waals surface area (Å²) in [5.41, 5.74) is 5.69. The molecule has 0 radical (unpaired) electrons. The summed E-state index contributed by atoms with van der Waals surface area (Å²) in [7, 11) is 1.83. The molecule has 0 aromatic carbocycles. The number of rotatable bonds is 5. The fourth-order valence-electron chi connectivity index (χ4n) is 1.22. The van der Waals surface area contributed by atoms with E-state index in [1.165, 1.54) is 0 Å². The first kappa shape index (κ1) is 13.4. The van der Waals surface area contributed by atoms with Crippen molar-refractivity contribution < 1.29 is 4.79 Å². The van der Waals surface area contributed by atoms with E-state index in [-0.39, 0.29) is 17.5 Å². The van der Waals surface area contributed by atoms with Crippen molar-refractivity contribution in [2.24, 2.45) is 5.73 Å².